The number of rotatable bonds is 1. The Morgan fingerprint density at radius 3 is 2.50 bits per heavy atom. The van der Waals surface area contributed by atoms with Crippen molar-refractivity contribution in [2.75, 3.05) is 0 Å². The van der Waals surface area contributed by atoms with Gasteiger partial charge in [0.1, 0.15) is 0 Å². The Bertz CT molecular complexity index is 278. The summed E-state index contributed by atoms with van der Waals surface area (Å²) in [6.07, 6.45) is -5.85. The van der Waals surface area contributed by atoms with Gasteiger partial charge >= 0.3 is 12.1 Å². The Balaban J connectivity index is 2.58. The Kier molecular flexibility index (Phi) is 3.49. The molecule has 94 valence electrons. The van der Waals surface area contributed by atoms with E-state index in [-0.39, 0.29) is 12.8 Å². The summed E-state index contributed by atoms with van der Waals surface area (Å²) in [4.78, 5) is 10.7. The first-order valence-electron chi connectivity index (χ1n) is 4.84. The van der Waals surface area contributed by atoms with E-state index < -0.39 is 30.0 Å². The molecule has 0 unspecified atom stereocenters. The van der Waals surface area contributed by atoms with Gasteiger partial charge in [0.25, 0.3) is 0 Å². The van der Waals surface area contributed by atoms with Crippen LogP contribution in [-0.2, 0) is 9.53 Å². The zero-order valence-corrected chi connectivity index (χ0v) is 8.97. The van der Waals surface area contributed by atoms with Crippen LogP contribution in [0.25, 0.3) is 0 Å². The number of ether oxygens (including phenoxy) is 1. The molecule has 7 heteroatoms. The number of aliphatic hydroxyl groups excluding tert-OH is 1. The van der Waals surface area contributed by atoms with E-state index >= 15 is 0 Å². The molecule has 0 aromatic carbocycles. The first kappa shape index (κ1) is 13.2. The monoisotopic (exact) mass is 241 g/mol. The lowest BCUT2D eigenvalue weighted by atomic mass is 9.93. The number of aliphatic hydroxyl groups is 1. The van der Waals surface area contributed by atoms with Crippen molar-refractivity contribution >= 4 is 5.91 Å². The fourth-order valence-electron chi connectivity index (χ4n) is 1.76. The molecule has 0 bridgehead atoms. The number of hydrogen-bond acceptors (Lipinski definition) is 3. The third kappa shape index (κ3) is 3.64. The summed E-state index contributed by atoms with van der Waals surface area (Å²) >= 11 is 0. The number of carbonyl (C=O) groups excluding carboxylic acids is 1. The number of hydrogen-bond donors (Lipinski definition) is 2. The summed E-state index contributed by atoms with van der Waals surface area (Å²) in [6.45, 7) is 3.28. The van der Waals surface area contributed by atoms with Gasteiger partial charge in [0, 0.05) is 12.5 Å². The minimum absolute atomic E-state index is 0.0365. The van der Waals surface area contributed by atoms with E-state index in [1.165, 1.54) is 0 Å². The third-order valence-corrected chi connectivity index (χ3v) is 2.27. The van der Waals surface area contributed by atoms with Gasteiger partial charge in [-0.15, -0.1) is 0 Å². The van der Waals surface area contributed by atoms with Crippen molar-refractivity contribution in [3.63, 3.8) is 0 Å². The van der Waals surface area contributed by atoms with E-state index in [0.29, 0.717) is 0 Å². The Hall–Kier alpha value is -0.820. The number of carbonyl (C=O) groups is 1. The predicted octanol–water partition coefficient (Wildman–Crippen LogP) is 0.941. The molecule has 0 saturated carbocycles. The molecule has 16 heavy (non-hydrogen) atoms. The highest BCUT2D eigenvalue weighted by atomic mass is 19.4. The summed E-state index contributed by atoms with van der Waals surface area (Å²) < 4.78 is 41.1. The summed E-state index contributed by atoms with van der Waals surface area (Å²) in [5.41, 5.74) is -0.749. The summed E-state index contributed by atoms with van der Waals surface area (Å²) in [7, 11) is 0. The van der Waals surface area contributed by atoms with E-state index in [1.807, 2.05) is 5.32 Å². The molecule has 0 aromatic heterocycles. The molecule has 0 aromatic rings. The molecule has 1 fully saturated rings. The van der Waals surface area contributed by atoms with Crippen molar-refractivity contribution in [2.45, 2.75) is 50.8 Å². The average molecular weight is 241 g/mol. The molecule has 0 spiro atoms. The zero-order valence-electron chi connectivity index (χ0n) is 8.97. The van der Waals surface area contributed by atoms with E-state index in [0.717, 1.165) is 0 Å². The van der Waals surface area contributed by atoms with Crippen LogP contribution in [0.3, 0.4) is 0 Å². The third-order valence-electron chi connectivity index (χ3n) is 2.27. The lowest BCUT2D eigenvalue weighted by Gasteiger charge is -2.38. The van der Waals surface area contributed by atoms with Crippen LogP contribution in [0.15, 0.2) is 0 Å². The van der Waals surface area contributed by atoms with Crippen LogP contribution in [0.5, 0.6) is 0 Å². The molecule has 2 N–H and O–H groups in total. The second-order valence-corrected chi connectivity index (χ2v) is 4.44. The number of alkyl halides is 3. The quantitative estimate of drug-likeness (QED) is 0.718. The normalized spacial score (nSPS) is 29.9. The van der Waals surface area contributed by atoms with E-state index in [4.69, 9.17) is 4.74 Å². The molecule has 4 nitrogen and oxygen atoms in total. The number of nitrogens with one attached hydrogen (secondary N) is 1. The van der Waals surface area contributed by atoms with Gasteiger partial charge in [-0.05, 0) is 20.3 Å². The fraction of sp³-hybridized carbons (Fsp3) is 0.889. The standard InChI is InChI=1S/C9H14F3NO3/c1-8(2)4-5(3-6(14)16-8)13-7(15)9(10,11)12/h5-6,14H,3-4H2,1-2H3,(H,13,15)/t5-,6-/m0/s1. The van der Waals surface area contributed by atoms with Crippen molar-refractivity contribution < 1.29 is 27.8 Å². The zero-order chi connectivity index (χ0) is 12.6. The SMILES string of the molecule is CC1(C)C[C@@H](NC(=O)C(F)(F)F)C[C@@H](O)O1. The molecule has 1 rings (SSSR count). The van der Waals surface area contributed by atoms with E-state index in [1.54, 1.807) is 13.8 Å². The van der Waals surface area contributed by atoms with Gasteiger partial charge in [0.15, 0.2) is 6.29 Å². The lowest BCUT2D eigenvalue weighted by Crippen LogP contribution is -2.51. The molecular weight excluding hydrogens is 227 g/mol. The number of halogens is 3. The Morgan fingerprint density at radius 2 is 2.06 bits per heavy atom. The van der Waals surface area contributed by atoms with Gasteiger partial charge in [-0.3, -0.25) is 4.79 Å². The maximum Gasteiger partial charge on any atom is 0.471 e. The molecular formula is C9H14F3NO3. The molecule has 1 aliphatic heterocycles. The Labute approximate surface area is 90.8 Å². The van der Waals surface area contributed by atoms with Gasteiger partial charge in [-0.2, -0.15) is 13.2 Å². The van der Waals surface area contributed by atoms with E-state index in [9.17, 15) is 23.1 Å². The van der Waals surface area contributed by atoms with Crippen molar-refractivity contribution in [1.82, 2.24) is 5.32 Å². The summed E-state index contributed by atoms with van der Waals surface area (Å²) in [6, 6.07) is -0.729. The van der Waals surface area contributed by atoms with Crippen molar-refractivity contribution in [1.29, 1.82) is 0 Å². The maximum absolute atomic E-state index is 12.0. The minimum Gasteiger partial charge on any atom is -0.368 e. The van der Waals surface area contributed by atoms with Crippen molar-refractivity contribution in [3.8, 4) is 0 Å². The van der Waals surface area contributed by atoms with Gasteiger partial charge in [0.05, 0.1) is 5.60 Å². The van der Waals surface area contributed by atoms with Crippen LogP contribution in [-0.4, -0.2) is 35.1 Å². The maximum atomic E-state index is 12.0. The largest absolute Gasteiger partial charge is 0.471 e. The van der Waals surface area contributed by atoms with Crippen LogP contribution >= 0.6 is 0 Å². The summed E-state index contributed by atoms with van der Waals surface area (Å²) in [5, 5.41) is 11.1. The molecule has 1 saturated heterocycles. The molecule has 1 amide bonds. The van der Waals surface area contributed by atoms with Crippen LogP contribution in [0, 0.1) is 0 Å². The van der Waals surface area contributed by atoms with Crippen molar-refractivity contribution in [2.24, 2.45) is 0 Å². The highest BCUT2D eigenvalue weighted by Gasteiger charge is 2.42. The van der Waals surface area contributed by atoms with E-state index in [2.05, 4.69) is 0 Å². The molecule has 2 atom stereocenters. The Morgan fingerprint density at radius 1 is 1.50 bits per heavy atom. The first-order chi connectivity index (χ1) is 7.10. The molecule has 1 aliphatic rings. The summed E-state index contributed by atoms with van der Waals surface area (Å²) in [5.74, 6) is -1.98. The second kappa shape index (κ2) is 4.21. The predicted molar refractivity (Wildman–Crippen MR) is 48.4 cm³/mol. The second-order valence-electron chi connectivity index (χ2n) is 4.44. The molecule has 0 radical (unpaired) electrons. The minimum atomic E-state index is -4.90. The highest BCUT2D eigenvalue weighted by Crippen LogP contribution is 2.28. The van der Waals surface area contributed by atoms with Crippen LogP contribution in [0.4, 0.5) is 13.2 Å². The van der Waals surface area contributed by atoms with Crippen LogP contribution < -0.4 is 5.32 Å². The van der Waals surface area contributed by atoms with Gasteiger partial charge in [-0.25, -0.2) is 0 Å². The van der Waals surface area contributed by atoms with Crippen LogP contribution in [0.1, 0.15) is 26.7 Å². The van der Waals surface area contributed by atoms with Gasteiger partial charge in [0.2, 0.25) is 0 Å². The van der Waals surface area contributed by atoms with Crippen molar-refractivity contribution in [3.05, 3.63) is 0 Å². The van der Waals surface area contributed by atoms with Gasteiger partial charge in [-0.1, -0.05) is 0 Å². The lowest BCUT2D eigenvalue weighted by molar-refractivity contribution is -0.209. The van der Waals surface area contributed by atoms with Crippen LogP contribution in [0.2, 0.25) is 0 Å². The fourth-order valence-corrected chi connectivity index (χ4v) is 1.76. The first-order valence-corrected chi connectivity index (χ1v) is 4.84. The number of amides is 1. The average Bonchev–Trinajstić information content (AvgIpc) is 1.97. The topological polar surface area (TPSA) is 58.6 Å². The van der Waals surface area contributed by atoms with Gasteiger partial charge < -0.3 is 15.2 Å². The highest BCUT2D eigenvalue weighted by molar-refractivity contribution is 5.81. The smallest absolute Gasteiger partial charge is 0.368 e. The molecule has 0 aliphatic carbocycles. The molecule has 1 heterocycles.